The fraction of sp³-hybridized carbons (Fsp3) is 0.500. The molecule has 1 fully saturated rings. The first-order chi connectivity index (χ1) is 10.5. The molecule has 8 heteroatoms. The molecule has 1 aromatic carbocycles. The topological polar surface area (TPSA) is 103 Å². The number of ether oxygens (including phenoxy) is 2. The van der Waals surface area contributed by atoms with Crippen molar-refractivity contribution in [1.29, 1.82) is 0 Å². The monoisotopic (exact) mass is 327 g/mol. The Kier molecular flexibility index (Phi) is 5.12. The molecule has 0 bridgehead atoms. The van der Waals surface area contributed by atoms with E-state index < -0.39 is 15.1 Å². The van der Waals surface area contributed by atoms with Crippen molar-refractivity contribution in [2.75, 3.05) is 31.8 Å². The minimum atomic E-state index is -3.00. The van der Waals surface area contributed by atoms with Crippen LogP contribution >= 0.6 is 0 Å². The van der Waals surface area contributed by atoms with E-state index in [9.17, 15) is 8.42 Å². The first-order valence-electron chi connectivity index (χ1n) is 6.97. The van der Waals surface area contributed by atoms with Crippen LogP contribution in [-0.4, -0.2) is 46.1 Å². The molecule has 0 radical (unpaired) electrons. The van der Waals surface area contributed by atoms with Crippen LogP contribution in [0.2, 0.25) is 0 Å². The molecule has 2 rings (SSSR count). The predicted octanol–water partition coefficient (Wildman–Crippen LogP) is 1.01. The van der Waals surface area contributed by atoms with Gasteiger partial charge in [0, 0.05) is 11.8 Å². The van der Waals surface area contributed by atoms with Crippen molar-refractivity contribution in [2.24, 2.45) is 10.7 Å². The molecule has 122 valence electrons. The Bertz CT molecular complexity index is 658. The minimum absolute atomic E-state index is 0.175. The SMILES string of the molecule is COc1ccc(NC(N)=NCC2CCCS2(=O)=O)cc1OC. The van der Waals surface area contributed by atoms with Crippen molar-refractivity contribution >= 4 is 21.5 Å². The third kappa shape index (κ3) is 3.82. The first-order valence-corrected chi connectivity index (χ1v) is 8.68. The van der Waals surface area contributed by atoms with Crippen LogP contribution in [-0.2, 0) is 9.84 Å². The summed E-state index contributed by atoms with van der Waals surface area (Å²) in [5.74, 6) is 1.60. The maximum atomic E-state index is 11.7. The number of nitrogens with one attached hydrogen (secondary N) is 1. The summed E-state index contributed by atoms with van der Waals surface area (Å²) >= 11 is 0. The number of hydrogen-bond donors (Lipinski definition) is 2. The molecule has 0 aromatic heterocycles. The number of sulfone groups is 1. The quantitative estimate of drug-likeness (QED) is 0.618. The molecular weight excluding hydrogens is 306 g/mol. The lowest BCUT2D eigenvalue weighted by Gasteiger charge is -2.11. The van der Waals surface area contributed by atoms with E-state index in [0.717, 1.165) is 0 Å². The Labute approximate surface area is 130 Å². The van der Waals surface area contributed by atoms with Gasteiger partial charge in [-0.2, -0.15) is 0 Å². The molecule has 0 spiro atoms. The zero-order valence-corrected chi connectivity index (χ0v) is 13.5. The number of rotatable bonds is 5. The second-order valence-electron chi connectivity index (χ2n) is 5.05. The van der Waals surface area contributed by atoms with Gasteiger partial charge in [-0.15, -0.1) is 0 Å². The van der Waals surface area contributed by atoms with Gasteiger partial charge in [0.1, 0.15) is 0 Å². The molecule has 0 saturated carbocycles. The molecule has 0 amide bonds. The van der Waals surface area contributed by atoms with Gasteiger partial charge in [-0.05, 0) is 25.0 Å². The summed E-state index contributed by atoms with van der Waals surface area (Å²) in [6, 6.07) is 5.25. The average molecular weight is 327 g/mol. The van der Waals surface area contributed by atoms with E-state index in [0.29, 0.717) is 30.0 Å². The van der Waals surface area contributed by atoms with Crippen LogP contribution in [0.25, 0.3) is 0 Å². The molecule has 3 N–H and O–H groups in total. The van der Waals surface area contributed by atoms with Gasteiger partial charge in [0.25, 0.3) is 0 Å². The van der Waals surface area contributed by atoms with Crippen molar-refractivity contribution < 1.29 is 17.9 Å². The lowest BCUT2D eigenvalue weighted by molar-refractivity contribution is 0.355. The van der Waals surface area contributed by atoms with Gasteiger partial charge in [0.05, 0.1) is 31.8 Å². The zero-order valence-electron chi connectivity index (χ0n) is 12.7. The zero-order chi connectivity index (χ0) is 16.2. The van der Waals surface area contributed by atoms with Crippen molar-refractivity contribution in [3.8, 4) is 11.5 Å². The molecule has 1 aromatic rings. The van der Waals surface area contributed by atoms with Crippen LogP contribution in [0.15, 0.2) is 23.2 Å². The highest BCUT2D eigenvalue weighted by Crippen LogP contribution is 2.29. The molecule has 1 unspecified atom stereocenters. The van der Waals surface area contributed by atoms with Crippen LogP contribution in [0, 0.1) is 0 Å². The molecule has 1 saturated heterocycles. The third-order valence-corrected chi connectivity index (χ3v) is 5.84. The van der Waals surface area contributed by atoms with Gasteiger partial charge in [-0.1, -0.05) is 0 Å². The van der Waals surface area contributed by atoms with Gasteiger partial charge in [0.2, 0.25) is 0 Å². The Morgan fingerprint density at radius 3 is 2.68 bits per heavy atom. The Balaban J connectivity index is 2.02. The standard InChI is InChI=1S/C14H21N3O4S/c1-20-12-6-5-10(8-13(12)21-2)17-14(15)16-9-11-4-3-7-22(11,18)19/h5-6,8,11H,3-4,7,9H2,1-2H3,(H3,15,16,17). The molecular formula is C14H21N3O4S. The fourth-order valence-electron chi connectivity index (χ4n) is 2.36. The summed E-state index contributed by atoms with van der Waals surface area (Å²) < 4.78 is 33.8. The molecule has 1 atom stereocenters. The van der Waals surface area contributed by atoms with E-state index >= 15 is 0 Å². The summed E-state index contributed by atoms with van der Waals surface area (Å²) in [5, 5.41) is 2.50. The van der Waals surface area contributed by atoms with Gasteiger partial charge in [-0.25, -0.2) is 8.42 Å². The highest BCUT2D eigenvalue weighted by molar-refractivity contribution is 7.92. The molecule has 0 aliphatic carbocycles. The summed E-state index contributed by atoms with van der Waals surface area (Å²) in [4.78, 5) is 4.13. The Hall–Kier alpha value is -1.96. The maximum absolute atomic E-state index is 11.7. The summed E-state index contributed by atoms with van der Waals surface area (Å²) in [5.41, 5.74) is 6.49. The lowest BCUT2D eigenvalue weighted by Crippen LogP contribution is -2.26. The third-order valence-electron chi connectivity index (χ3n) is 3.58. The van der Waals surface area contributed by atoms with Crippen LogP contribution in [0.5, 0.6) is 11.5 Å². The van der Waals surface area contributed by atoms with Crippen molar-refractivity contribution in [1.82, 2.24) is 0 Å². The first kappa shape index (κ1) is 16.4. The highest BCUT2D eigenvalue weighted by atomic mass is 32.2. The molecule has 7 nitrogen and oxygen atoms in total. The van der Waals surface area contributed by atoms with Crippen LogP contribution in [0.3, 0.4) is 0 Å². The van der Waals surface area contributed by atoms with E-state index in [1.54, 1.807) is 32.4 Å². The van der Waals surface area contributed by atoms with E-state index in [4.69, 9.17) is 15.2 Å². The number of nitrogens with zero attached hydrogens (tertiary/aromatic N) is 1. The van der Waals surface area contributed by atoms with Gasteiger partial charge in [0.15, 0.2) is 27.3 Å². The average Bonchev–Trinajstić information content (AvgIpc) is 2.83. The van der Waals surface area contributed by atoms with Crippen molar-refractivity contribution in [3.63, 3.8) is 0 Å². The van der Waals surface area contributed by atoms with Gasteiger partial charge in [-0.3, -0.25) is 4.99 Å². The van der Waals surface area contributed by atoms with Crippen LogP contribution in [0.4, 0.5) is 5.69 Å². The van der Waals surface area contributed by atoms with E-state index in [-0.39, 0.29) is 18.3 Å². The normalized spacial score (nSPS) is 20.6. The molecule has 1 heterocycles. The molecule has 1 aliphatic heterocycles. The van der Waals surface area contributed by atoms with Gasteiger partial charge < -0.3 is 20.5 Å². The van der Waals surface area contributed by atoms with E-state index in [2.05, 4.69) is 10.3 Å². The number of anilines is 1. The number of nitrogens with two attached hydrogens (primary N) is 1. The number of benzene rings is 1. The largest absolute Gasteiger partial charge is 0.493 e. The maximum Gasteiger partial charge on any atom is 0.193 e. The minimum Gasteiger partial charge on any atom is -0.493 e. The summed E-state index contributed by atoms with van der Waals surface area (Å²) in [7, 11) is 0.102. The highest BCUT2D eigenvalue weighted by Gasteiger charge is 2.30. The number of guanidine groups is 1. The number of aliphatic imine (C=N–C) groups is 1. The number of hydrogen-bond acceptors (Lipinski definition) is 5. The molecule has 22 heavy (non-hydrogen) atoms. The smallest absolute Gasteiger partial charge is 0.193 e. The fourth-order valence-corrected chi connectivity index (χ4v) is 4.09. The Morgan fingerprint density at radius 2 is 2.09 bits per heavy atom. The Morgan fingerprint density at radius 1 is 1.36 bits per heavy atom. The van der Waals surface area contributed by atoms with Crippen molar-refractivity contribution in [3.05, 3.63) is 18.2 Å². The van der Waals surface area contributed by atoms with Crippen molar-refractivity contribution in [2.45, 2.75) is 18.1 Å². The van der Waals surface area contributed by atoms with Crippen LogP contribution < -0.4 is 20.5 Å². The second-order valence-corrected chi connectivity index (χ2v) is 7.45. The lowest BCUT2D eigenvalue weighted by atomic mass is 10.2. The predicted molar refractivity (Wildman–Crippen MR) is 86.5 cm³/mol. The van der Waals surface area contributed by atoms with E-state index in [1.165, 1.54) is 0 Å². The van der Waals surface area contributed by atoms with Gasteiger partial charge >= 0.3 is 0 Å². The number of methoxy groups -OCH3 is 2. The summed E-state index contributed by atoms with van der Waals surface area (Å²) in [6.45, 7) is 0.189. The summed E-state index contributed by atoms with van der Waals surface area (Å²) in [6.07, 6.45) is 1.35. The second kappa shape index (κ2) is 6.87. The van der Waals surface area contributed by atoms with Crippen LogP contribution in [0.1, 0.15) is 12.8 Å². The van der Waals surface area contributed by atoms with E-state index in [1.807, 2.05) is 0 Å². The molecule has 1 aliphatic rings.